The third-order valence-corrected chi connectivity index (χ3v) is 12.3. The van der Waals surface area contributed by atoms with Crippen molar-refractivity contribution in [1.82, 2.24) is 19.9 Å². The summed E-state index contributed by atoms with van der Waals surface area (Å²) in [5, 5.41) is 5.79. The highest BCUT2D eigenvalue weighted by Gasteiger charge is 2.35. The van der Waals surface area contributed by atoms with Gasteiger partial charge in [0, 0.05) is 53.2 Å². The summed E-state index contributed by atoms with van der Waals surface area (Å²) >= 11 is 1.84. The number of pyridine rings is 1. The van der Waals surface area contributed by atoms with Crippen LogP contribution in [0.3, 0.4) is 0 Å². The zero-order chi connectivity index (χ0) is 36.0. The van der Waals surface area contributed by atoms with Crippen LogP contribution >= 0.6 is 11.3 Å². The smallest absolute Gasteiger partial charge is 0.164 e. The summed E-state index contributed by atoms with van der Waals surface area (Å²) in [7, 11) is 0. The van der Waals surface area contributed by atoms with E-state index in [1.54, 1.807) is 0 Å². The fourth-order valence-corrected chi connectivity index (χ4v) is 9.73. The van der Waals surface area contributed by atoms with Crippen molar-refractivity contribution < 1.29 is 0 Å². The molecule has 54 heavy (non-hydrogen) atoms. The number of hydrogen-bond acceptors (Lipinski definition) is 5. The van der Waals surface area contributed by atoms with Gasteiger partial charge in [-0.2, -0.15) is 0 Å². The molecule has 0 spiro atoms. The van der Waals surface area contributed by atoms with Gasteiger partial charge in [0.15, 0.2) is 17.5 Å². The highest BCUT2D eigenvalue weighted by atomic mass is 32.1. The number of para-hydroxylation sites is 1. The summed E-state index contributed by atoms with van der Waals surface area (Å²) in [6, 6.07) is 55.8. The van der Waals surface area contributed by atoms with Crippen LogP contribution in [0.25, 0.3) is 98.4 Å². The molecule has 0 N–H and O–H groups in total. The third-order valence-electron chi connectivity index (χ3n) is 11.1. The quantitative estimate of drug-likeness (QED) is 0.183. The molecule has 0 aliphatic heterocycles. The maximum atomic E-state index is 5.38. The minimum atomic E-state index is -0.137. The third kappa shape index (κ3) is 4.62. The summed E-state index contributed by atoms with van der Waals surface area (Å²) in [6.45, 7) is 4.61. The van der Waals surface area contributed by atoms with Crippen LogP contribution in [0.2, 0.25) is 0 Å². The molecule has 3 aromatic heterocycles. The van der Waals surface area contributed by atoms with Gasteiger partial charge in [-0.1, -0.05) is 147 Å². The SMILES string of the molecule is CC1(C)c2ccccc2-c2ccc(-c3nc(-c4ccccc4)nc(-c4ccc(-c5nc6ccccc6c6sc7ccccc7c56)c5ccccc45)n3)cc21. The van der Waals surface area contributed by atoms with Crippen molar-refractivity contribution in [3.05, 3.63) is 169 Å². The Bertz CT molecular complexity index is 3140. The number of rotatable bonds is 4. The van der Waals surface area contributed by atoms with Crippen LogP contribution in [0.5, 0.6) is 0 Å². The van der Waals surface area contributed by atoms with Crippen molar-refractivity contribution in [3.8, 4) is 56.5 Å². The molecule has 0 unspecified atom stereocenters. The van der Waals surface area contributed by atoms with Gasteiger partial charge < -0.3 is 0 Å². The van der Waals surface area contributed by atoms with Crippen molar-refractivity contribution in [3.63, 3.8) is 0 Å². The van der Waals surface area contributed by atoms with Crippen molar-refractivity contribution in [1.29, 1.82) is 0 Å². The van der Waals surface area contributed by atoms with Crippen LogP contribution < -0.4 is 0 Å². The van der Waals surface area contributed by atoms with Gasteiger partial charge >= 0.3 is 0 Å². The number of aromatic nitrogens is 4. The molecule has 5 heteroatoms. The Morgan fingerprint density at radius 1 is 0.426 bits per heavy atom. The lowest BCUT2D eigenvalue weighted by atomic mass is 9.82. The Labute approximate surface area is 316 Å². The fraction of sp³-hybridized carbons (Fsp3) is 0.0612. The first-order valence-electron chi connectivity index (χ1n) is 18.3. The highest BCUT2D eigenvalue weighted by Crippen LogP contribution is 2.50. The van der Waals surface area contributed by atoms with Gasteiger partial charge in [-0.05, 0) is 57.3 Å². The van der Waals surface area contributed by atoms with Gasteiger partial charge in [-0.25, -0.2) is 19.9 Å². The Morgan fingerprint density at radius 2 is 1.02 bits per heavy atom. The first-order chi connectivity index (χ1) is 26.5. The van der Waals surface area contributed by atoms with E-state index in [1.807, 2.05) is 29.5 Å². The van der Waals surface area contributed by atoms with Crippen molar-refractivity contribution in [2.24, 2.45) is 0 Å². The average Bonchev–Trinajstić information content (AvgIpc) is 3.73. The zero-order valence-corrected chi connectivity index (χ0v) is 30.5. The predicted octanol–water partition coefficient (Wildman–Crippen LogP) is 12.9. The normalized spacial score (nSPS) is 13.1. The van der Waals surface area contributed by atoms with E-state index >= 15 is 0 Å². The summed E-state index contributed by atoms with van der Waals surface area (Å²) in [4.78, 5) is 20.9. The predicted molar refractivity (Wildman–Crippen MR) is 225 cm³/mol. The number of hydrogen-bond donors (Lipinski definition) is 0. The molecule has 1 aliphatic rings. The number of nitrogens with zero attached hydrogens (tertiary/aromatic N) is 4. The monoisotopic (exact) mass is 708 g/mol. The van der Waals surface area contributed by atoms with Crippen molar-refractivity contribution >= 4 is 53.2 Å². The topological polar surface area (TPSA) is 51.6 Å². The molecule has 0 bridgehead atoms. The molecule has 0 amide bonds. The summed E-state index contributed by atoms with van der Waals surface area (Å²) < 4.78 is 2.53. The molecule has 0 fully saturated rings. The van der Waals surface area contributed by atoms with E-state index in [4.69, 9.17) is 19.9 Å². The Kier molecular flexibility index (Phi) is 6.73. The van der Waals surface area contributed by atoms with E-state index in [0.29, 0.717) is 17.5 Å². The summed E-state index contributed by atoms with van der Waals surface area (Å²) in [5.74, 6) is 1.95. The first kappa shape index (κ1) is 31.0. The van der Waals surface area contributed by atoms with Crippen LogP contribution in [0.1, 0.15) is 25.0 Å². The van der Waals surface area contributed by atoms with Crippen molar-refractivity contribution in [2.75, 3.05) is 0 Å². The first-order valence-corrected chi connectivity index (χ1v) is 19.1. The lowest BCUT2D eigenvalue weighted by Gasteiger charge is -2.21. The summed E-state index contributed by atoms with van der Waals surface area (Å²) in [5.41, 5.74) is 11.0. The van der Waals surface area contributed by atoms with Gasteiger partial charge in [-0.3, -0.25) is 0 Å². The van der Waals surface area contributed by atoms with E-state index in [0.717, 1.165) is 44.2 Å². The van der Waals surface area contributed by atoms with E-state index in [1.165, 1.54) is 47.8 Å². The molecule has 1 aliphatic carbocycles. The van der Waals surface area contributed by atoms with Gasteiger partial charge in [0.2, 0.25) is 0 Å². The molecule has 11 rings (SSSR count). The van der Waals surface area contributed by atoms with Crippen LogP contribution in [0.15, 0.2) is 158 Å². The van der Waals surface area contributed by atoms with Gasteiger partial charge in [-0.15, -0.1) is 11.3 Å². The van der Waals surface area contributed by atoms with Crippen LogP contribution in [0, 0.1) is 0 Å². The van der Waals surface area contributed by atoms with Crippen LogP contribution in [0.4, 0.5) is 0 Å². The summed E-state index contributed by atoms with van der Waals surface area (Å²) in [6.07, 6.45) is 0. The average molecular weight is 709 g/mol. The molecule has 0 saturated heterocycles. The molecule has 4 nitrogen and oxygen atoms in total. The molecule has 0 atom stereocenters. The molecule has 10 aromatic rings. The molecule has 7 aromatic carbocycles. The lowest BCUT2D eigenvalue weighted by Crippen LogP contribution is -2.15. The van der Waals surface area contributed by atoms with E-state index < -0.39 is 0 Å². The molecular weight excluding hydrogens is 677 g/mol. The Hall–Kier alpha value is -6.56. The molecular formula is C49H32N4S. The highest BCUT2D eigenvalue weighted by molar-refractivity contribution is 7.26. The maximum absolute atomic E-state index is 5.38. The number of fused-ring (bicyclic) bond motifs is 9. The van der Waals surface area contributed by atoms with Crippen molar-refractivity contribution in [2.45, 2.75) is 19.3 Å². The second kappa shape index (κ2) is 11.7. The number of thiophene rings is 1. The van der Waals surface area contributed by atoms with Crippen LogP contribution in [-0.4, -0.2) is 19.9 Å². The van der Waals surface area contributed by atoms with Crippen LogP contribution in [-0.2, 0) is 5.41 Å². The van der Waals surface area contributed by atoms with E-state index in [-0.39, 0.29) is 5.41 Å². The second-order valence-corrected chi connectivity index (χ2v) is 15.6. The molecule has 0 radical (unpaired) electrons. The fourth-order valence-electron chi connectivity index (χ4n) is 8.49. The Morgan fingerprint density at radius 3 is 1.85 bits per heavy atom. The molecule has 254 valence electrons. The minimum absolute atomic E-state index is 0.137. The maximum Gasteiger partial charge on any atom is 0.164 e. The van der Waals surface area contributed by atoms with Gasteiger partial charge in [0.05, 0.1) is 11.2 Å². The molecule has 0 saturated carbocycles. The zero-order valence-electron chi connectivity index (χ0n) is 29.7. The van der Waals surface area contributed by atoms with E-state index in [9.17, 15) is 0 Å². The number of benzene rings is 7. The standard InChI is InChI=1S/C49H32N4S/c1-49(2)39-21-11-8-18-33(39)34-25-24-30(28-40(34)49)47-51-46(29-14-4-3-5-15-29)52-48(53-47)36-27-26-35(31-16-6-7-17-32(31)36)44-43-38-20-10-13-23-42(38)54-45(43)37-19-9-12-22-41(37)50-44/h3-28H,1-2H3. The van der Waals surface area contributed by atoms with Gasteiger partial charge in [0.25, 0.3) is 0 Å². The van der Waals surface area contributed by atoms with Gasteiger partial charge in [0.1, 0.15) is 0 Å². The Balaban J connectivity index is 1.13. The lowest BCUT2D eigenvalue weighted by molar-refractivity contribution is 0.660. The minimum Gasteiger partial charge on any atom is -0.247 e. The largest absolute Gasteiger partial charge is 0.247 e. The second-order valence-electron chi connectivity index (χ2n) is 14.6. The molecule has 3 heterocycles. The van der Waals surface area contributed by atoms with E-state index in [2.05, 4.69) is 153 Å².